The molecule has 0 amide bonds. The molecule has 0 unspecified atom stereocenters. The number of nitrogens with one attached hydrogen (secondary N) is 1. The van der Waals surface area contributed by atoms with Crippen LogP contribution < -0.4 is 11.2 Å². The Morgan fingerprint density at radius 2 is 1.95 bits per heavy atom. The number of aromatic nitrogens is 2. The molecule has 0 spiro atoms. The van der Waals surface area contributed by atoms with Crippen LogP contribution in [0, 0.1) is 0 Å². The van der Waals surface area contributed by atoms with Crippen molar-refractivity contribution in [1.82, 2.24) is 14.6 Å². The van der Waals surface area contributed by atoms with Gasteiger partial charge in [0.25, 0.3) is 5.56 Å². The molecule has 1 aromatic carbocycles. The van der Waals surface area contributed by atoms with E-state index in [2.05, 4.69) is 4.98 Å². The van der Waals surface area contributed by atoms with Crippen LogP contribution in [0.2, 0.25) is 0 Å². The zero-order valence-electron chi connectivity index (χ0n) is 11.0. The van der Waals surface area contributed by atoms with E-state index in [0.29, 0.717) is 6.42 Å². The van der Waals surface area contributed by atoms with E-state index in [1.54, 1.807) is 5.06 Å². The first-order valence-corrected chi connectivity index (χ1v) is 6.41. The lowest BCUT2D eigenvalue weighted by Gasteiger charge is -2.17. The lowest BCUT2D eigenvalue weighted by atomic mass is 10.0. The highest BCUT2D eigenvalue weighted by Gasteiger charge is 2.33. The van der Waals surface area contributed by atoms with E-state index in [0.717, 1.165) is 5.56 Å². The number of hydrogen-bond donors (Lipinski definition) is 1. The molecule has 2 atom stereocenters. The molecule has 0 saturated carbocycles. The first-order chi connectivity index (χ1) is 9.65. The minimum Gasteiger partial charge on any atom is -0.274 e. The highest BCUT2D eigenvalue weighted by atomic mass is 16.7. The van der Waals surface area contributed by atoms with E-state index in [4.69, 9.17) is 4.84 Å². The second kappa shape index (κ2) is 5.07. The van der Waals surface area contributed by atoms with E-state index in [1.807, 2.05) is 37.4 Å². The topological polar surface area (TPSA) is 67.3 Å². The van der Waals surface area contributed by atoms with Gasteiger partial charge in [0.2, 0.25) is 0 Å². The molecule has 0 aliphatic carbocycles. The van der Waals surface area contributed by atoms with Gasteiger partial charge in [-0.05, 0) is 5.56 Å². The first kappa shape index (κ1) is 12.8. The Bertz CT molecular complexity index is 707. The average Bonchev–Trinajstić information content (AvgIpc) is 2.81. The highest BCUT2D eigenvalue weighted by Crippen LogP contribution is 2.36. The molecule has 1 aliphatic heterocycles. The Morgan fingerprint density at radius 3 is 2.65 bits per heavy atom. The minimum absolute atomic E-state index is 0.0834. The molecule has 20 heavy (non-hydrogen) atoms. The Labute approximate surface area is 115 Å². The van der Waals surface area contributed by atoms with Crippen LogP contribution in [-0.4, -0.2) is 21.7 Å². The lowest BCUT2D eigenvalue weighted by molar-refractivity contribution is -0.167. The standard InChI is InChI=1S/C14H15N3O3/c1-16-11(10-5-3-2-4-6-10)9-13(20-16)17-8-7-12(18)15-14(17)19/h2-8,11,13H,9H2,1H3,(H,15,18,19)/t11-,13-/m0/s1. The fourth-order valence-electron chi connectivity index (χ4n) is 2.49. The molecule has 1 aliphatic rings. The summed E-state index contributed by atoms with van der Waals surface area (Å²) in [6, 6.07) is 11.4. The van der Waals surface area contributed by atoms with Crippen LogP contribution in [0.3, 0.4) is 0 Å². The number of aromatic amines is 1. The number of H-pyrrole nitrogens is 1. The van der Waals surface area contributed by atoms with E-state index in [9.17, 15) is 9.59 Å². The molecular weight excluding hydrogens is 258 g/mol. The first-order valence-electron chi connectivity index (χ1n) is 6.41. The summed E-state index contributed by atoms with van der Waals surface area (Å²) in [6.07, 6.45) is 1.70. The van der Waals surface area contributed by atoms with Gasteiger partial charge < -0.3 is 0 Å². The van der Waals surface area contributed by atoms with Gasteiger partial charge in [-0.2, -0.15) is 5.06 Å². The van der Waals surface area contributed by atoms with Gasteiger partial charge in [-0.3, -0.25) is 19.2 Å². The molecule has 3 rings (SSSR count). The zero-order chi connectivity index (χ0) is 14.1. The Kier molecular flexibility index (Phi) is 3.25. The van der Waals surface area contributed by atoms with Gasteiger partial charge in [-0.1, -0.05) is 30.3 Å². The summed E-state index contributed by atoms with van der Waals surface area (Å²) < 4.78 is 1.40. The molecular formula is C14H15N3O3. The minimum atomic E-state index is -0.454. The second-order valence-electron chi connectivity index (χ2n) is 4.79. The van der Waals surface area contributed by atoms with Crippen molar-refractivity contribution in [2.45, 2.75) is 18.7 Å². The second-order valence-corrected chi connectivity index (χ2v) is 4.79. The largest absolute Gasteiger partial charge is 0.330 e. The molecule has 2 aromatic rings. The quantitative estimate of drug-likeness (QED) is 0.888. The highest BCUT2D eigenvalue weighted by molar-refractivity contribution is 5.19. The zero-order valence-corrected chi connectivity index (χ0v) is 11.0. The Hall–Kier alpha value is -2.18. The molecule has 6 heteroatoms. The molecule has 0 radical (unpaired) electrons. The number of hydrogen-bond acceptors (Lipinski definition) is 4. The normalized spacial score (nSPS) is 23.1. The van der Waals surface area contributed by atoms with Gasteiger partial charge >= 0.3 is 5.69 Å². The summed E-state index contributed by atoms with van der Waals surface area (Å²) in [7, 11) is 1.84. The fraction of sp³-hybridized carbons (Fsp3) is 0.286. The third-order valence-corrected chi connectivity index (χ3v) is 3.50. The molecule has 104 valence electrons. The third-order valence-electron chi connectivity index (χ3n) is 3.50. The molecule has 6 nitrogen and oxygen atoms in total. The number of nitrogens with zero attached hydrogens (tertiary/aromatic N) is 2. The predicted octanol–water partition coefficient (Wildman–Crippen LogP) is 1.04. The van der Waals surface area contributed by atoms with Gasteiger partial charge in [-0.25, -0.2) is 4.79 Å². The van der Waals surface area contributed by atoms with E-state index < -0.39 is 17.5 Å². The fourth-order valence-corrected chi connectivity index (χ4v) is 2.49. The van der Waals surface area contributed by atoms with Crippen LogP contribution in [0.4, 0.5) is 0 Å². The van der Waals surface area contributed by atoms with E-state index >= 15 is 0 Å². The predicted molar refractivity (Wildman–Crippen MR) is 73.0 cm³/mol. The van der Waals surface area contributed by atoms with Crippen molar-refractivity contribution in [3.8, 4) is 0 Å². The lowest BCUT2D eigenvalue weighted by Crippen LogP contribution is -2.31. The van der Waals surface area contributed by atoms with E-state index in [-0.39, 0.29) is 6.04 Å². The molecule has 1 saturated heterocycles. The maximum atomic E-state index is 11.8. The van der Waals surface area contributed by atoms with Crippen LogP contribution in [0.15, 0.2) is 52.2 Å². The van der Waals surface area contributed by atoms with Crippen LogP contribution >= 0.6 is 0 Å². The average molecular weight is 273 g/mol. The SMILES string of the molecule is CN1O[C@H](n2ccc(=O)[nH]c2=O)C[C@H]1c1ccccc1. The van der Waals surface area contributed by atoms with Crippen molar-refractivity contribution in [1.29, 1.82) is 0 Å². The molecule has 2 heterocycles. The third kappa shape index (κ3) is 2.31. The van der Waals surface area contributed by atoms with Crippen molar-refractivity contribution < 1.29 is 4.84 Å². The molecule has 1 aromatic heterocycles. The van der Waals surface area contributed by atoms with Crippen molar-refractivity contribution >= 4 is 0 Å². The summed E-state index contributed by atoms with van der Waals surface area (Å²) in [4.78, 5) is 30.8. The molecule has 0 bridgehead atoms. The maximum Gasteiger partial charge on any atom is 0.330 e. The summed E-state index contributed by atoms with van der Waals surface area (Å²) in [5.74, 6) is 0. The van der Waals surface area contributed by atoms with Crippen LogP contribution in [0.1, 0.15) is 24.3 Å². The Morgan fingerprint density at radius 1 is 1.20 bits per heavy atom. The van der Waals surface area contributed by atoms with Crippen molar-refractivity contribution in [3.63, 3.8) is 0 Å². The molecule has 1 fully saturated rings. The van der Waals surface area contributed by atoms with Crippen molar-refractivity contribution in [3.05, 3.63) is 69.0 Å². The number of rotatable bonds is 2. The van der Waals surface area contributed by atoms with Crippen molar-refractivity contribution in [2.75, 3.05) is 7.05 Å². The van der Waals surface area contributed by atoms with Crippen molar-refractivity contribution in [2.24, 2.45) is 0 Å². The summed E-state index contributed by atoms with van der Waals surface area (Å²) in [5.41, 5.74) is 0.275. The van der Waals surface area contributed by atoms with Gasteiger partial charge in [0.05, 0.1) is 6.04 Å². The van der Waals surface area contributed by atoms with Crippen LogP contribution in [-0.2, 0) is 4.84 Å². The van der Waals surface area contributed by atoms with Gasteiger partial charge in [-0.15, -0.1) is 0 Å². The number of benzene rings is 1. The molecule has 1 N–H and O–H groups in total. The number of hydroxylamine groups is 2. The van der Waals surface area contributed by atoms with Gasteiger partial charge in [0.1, 0.15) is 0 Å². The van der Waals surface area contributed by atoms with Crippen LogP contribution in [0.25, 0.3) is 0 Å². The van der Waals surface area contributed by atoms with Gasteiger partial charge in [0.15, 0.2) is 6.23 Å². The summed E-state index contributed by atoms with van der Waals surface area (Å²) in [5, 5.41) is 1.75. The van der Waals surface area contributed by atoms with E-state index in [1.165, 1.54) is 16.8 Å². The Balaban J connectivity index is 1.88. The maximum absolute atomic E-state index is 11.8. The smallest absolute Gasteiger partial charge is 0.274 e. The summed E-state index contributed by atoms with van der Waals surface area (Å²) in [6.45, 7) is 0. The van der Waals surface area contributed by atoms with Crippen LogP contribution in [0.5, 0.6) is 0 Å². The summed E-state index contributed by atoms with van der Waals surface area (Å²) >= 11 is 0. The van der Waals surface area contributed by atoms with Gasteiger partial charge in [0, 0.05) is 25.7 Å². The monoisotopic (exact) mass is 273 g/mol.